The normalized spacial score (nSPS) is 12.4. The number of benzene rings is 1. The van der Waals surface area contributed by atoms with E-state index in [1.54, 1.807) is 11.3 Å². The summed E-state index contributed by atoms with van der Waals surface area (Å²) in [5, 5.41) is 6.37. The van der Waals surface area contributed by atoms with Crippen LogP contribution in [0.3, 0.4) is 0 Å². The quantitative estimate of drug-likeness (QED) is 0.763. The summed E-state index contributed by atoms with van der Waals surface area (Å²) < 4.78 is 0. The molecule has 1 atom stereocenters. The van der Waals surface area contributed by atoms with Crippen molar-refractivity contribution < 1.29 is 0 Å². The van der Waals surface area contributed by atoms with Crippen LogP contribution in [0.15, 0.2) is 35.7 Å². The van der Waals surface area contributed by atoms with Crippen LogP contribution in [-0.4, -0.2) is 13.1 Å². The second kappa shape index (κ2) is 7.83. The number of hydrogen-bond donors (Lipinski definition) is 1. The fraction of sp³-hybridized carbons (Fsp3) is 0.412. The van der Waals surface area contributed by atoms with Crippen LogP contribution >= 0.6 is 22.9 Å². The average molecular weight is 323 g/mol. The summed E-state index contributed by atoms with van der Waals surface area (Å²) in [6.45, 7) is 9.28. The first kappa shape index (κ1) is 16.3. The van der Waals surface area contributed by atoms with Gasteiger partial charge in [-0.15, -0.1) is 11.3 Å². The highest BCUT2D eigenvalue weighted by Gasteiger charge is 2.12. The van der Waals surface area contributed by atoms with Gasteiger partial charge in [0, 0.05) is 28.2 Å². The third kappa shape index (κ3) is 4.22. The highest BCUT2D eigenvalue weighted by Crippen LogP contribution is 2.29. The van der Waals surface area contributed by atoms with E-state index in [-0.39, 0.29) is 6.04 Å². The van der Waals surface area contributed by atoms with Gasteiger partial charge in [0.15, 0.2) is 0 Å². The van der Waals surface area contributed by atoms with Crippen molar-refractivity contribution in [2.75, 3.05) is 18.0 Å². The van der Waals surface area contributed by atoms with E-state index in [1.807, 2.05) is 0 Å². The van der Waals surface area contributed by atoms with E-state index in [9.17, 15) is 0 Å². The fourth-order valence-corrected chi connectivity index (χ4v) is 3.51. The molecule has 1 unspecified atom stereocenters. The van der Waals surface area contributed by atoms with Crippen molar-refractivity contribution in [2.45, 2.75) is 33.4 Å². The highest BCUT2D eigenvalue weighted by atomic mass is 35.5. The Balaban J connectivity index is 2.17. The summed E-state index contributed by atoms with van der Waals surface area (Å²) in [6.07, 6.45) is 0. The molecule has 1 N–H and O–H groups in total. The van der Waals surface area contributed by atoms with Crippen LogP contribution in [0, 0.1) is 0 Å². The van der Waals surface area contributed by atoms with Gasteiger partial charge in [-0.05, 0) is 49.5 Å². The van der Waals surface area contributed by atoms with Gasteiger partial charge in [-0.1, -0.05) is 30.7 Å². The monoisotopic (exact) mass is 322 g/mol. The van der Waals surface area contributed by atoms with Crippen LogP contribution < -0.4 is 10.2 Å². The molecule has 1 aromatic heterocycles. The lowest BCUT2D eigenvalue weighted by Gasteiger charge is -2.24. The van der Waals surface area contributed by atoms with E-state index in [4.69, 9.17) is 11.6 Å². The molecule has 0 saturated heterocycles. The maximum Gasteiger partial charge on any atom is 0.0522 e. The molecular weight excluding hydrogens is 300 g/mol. The molecule has 114 valence electrons. The van der Waals surface area contributed by atoms with E-state index < -0.39 is 0 Å². The van der Waals surface area contributed by atoms with Crippen LogP contribution in [0.4, 0.5) is 5.69 Å². The Labute approximate surface area is 136 Å². The highest BCUT2D eigenvalue weighted by molar-refractivity contribution is 7.09. The second-order valence-corrected chi connectivity index (χ2v) is 6.52. The van der Waals surface area contributed by atoms with Crippen molar-refractivity contribution in [2.24, 2.45) is 0 Å². The largest absolute Gasteiger partial charge is 0.367 e. The summed E-state index contributed by atoms with van der Waals surface area (Å²) in [7, 11) is 0. The molecule has 1 aromatic carbocycles. The standard InChI is InChI=1S/C17H23ClN2S/c1-4-19-13(3)16-9-8-14(11-17(16)18)20(5-2)12-15-7-6-10-21-15/h6-11,13,19H,4-5,12H2,1-3H3. The lowest BCUT2D eigenvalue weighted by atomic mass is 10.1. The van der Waals surface area contributed by atoms with E-state index in [0.29, 0.717) is 0 Å². The molecule has 0 radical (unpaired) electrons. The Morgan fingerprint density at radius 2 is 2.10 bits per heavy atom. The number of nitrogens with one attached hydrogen (secondary N) is 1. The minimum atomic E-state index is 0.281. The van der Waals surface area contributed by atoms with Gasteiger partial charge >= 0.3 is 0 Å². The number of anilines is 1. The van der Waals surface area contributed by atoms with Gasteiger partial charge in [0.2, 0.25) is 0 Å². The van der Waals surface area contributed by atoms with Crippen molar-refractivity contribution >= 4 is 28.6 Å². The Bertz CT molecular complexity index is 554. The number of halogens is 1. The first-order chi connectivity index (χ1) is 10.2. The summed E-state index contributed by atoms with van der Waals surface area (Å²) in [4.78, 5) is 3.72. The molecule has 0 spiro atoms. The lowest BCUT2D eigenvalue weighted by molar-refractivity contribution is 0.598. The number of hydrogen-bond acceptors (Lipinski definition) is 3. The Morgan fingerprint density at radius 1 is 1.29 bits per heavy atom. The first-order valence-corrected chi connectivity index (χ1v) is 8.71. The Kier molecular flexibility index (Phi) is 6.09. The molecule has 0 fully saturated rings. The molecule has 4 heteroatoms. The summed E-state index contributed by atoms with van der Waals surface area (Å²) in [6, 6.07) is 11.0. The molecule has 0 aliphatic heterocycles. The van der Waals surface area contributed by atoms with Gasteiger partial charge in [0.05, 0.1) is 6.54 Å². The van der Waals surface area contributed by atoms with Gasteiger partial charge < -0.3 is 10.2 Å². The van der Waals surface area contributed by atoms with Crippen molar-refractivity contribution in [3.05, 3.63) is 51.2 Å². The maximum atomic E-state index is 6.48. The fourth-order valence-electron chi connectivity index (χ4n) is 2.46. The smallest absolute Gasteiger partial charge is 0.0522 e. The molecule has 0 saturated carbocycles. The van der Waals surface area contributed by atoms with E-state index >= 15 is 0 Å². The van der Waals surface area contributed by atoms with Crippen LogP contribution in [0.2, 0.25) is 5.02 Å². The van der Waals surface area contributed by atoms with E-state index in [1.165, 1.54) is 10.6 Å². The summed E-state index contributed by atoms with van der Waals surface area (Å²) >= 11 is 8.27. The number of thiophene rings is 1. The molecule has 0 bridgehead atoms. The molecule has 0 aliphatic carbocycles. The zero-order valence-electron chi connectivity index (χ0n) is 12.9. The molecule has 2 aromatic rings. The van der Waals surface area contributed by atoms with Crippen LogP contribution in [0.5, 0.6) is 0 Å². The van der Waals surface area contributed by atoms with Gasteiger partial charge in [0.25, 0.3) is 0 Å². The van der Waals surface area contributed by atoms with Crippen LogP contribution in [-0.2, 0) is 6.54 Å². The van der Waals surface area contributed by atoms with Crippen molar-refractivity contribution in [1.29, 1.82) is 0 Å². The average Bonchev–Trinajstić information content (AvgIpc) is 2.97. The van der Waals surface area contributed by atoms with Crippen molar-refractivity contribution in [1.82, 2.24) is 5.32 Å². The Hall–Kier alpha value is -1.03. The number of nitrogens with zero attached hydrogens (tertiary/aromatic N) is 1. The predicted molar refractivity (Wildman–Crippen MR) is 94.6 cm³/mol. The third-order valence-corrected chi connectivity index (χ3v) is 4.82. The van der Waals surface area contributed by atoms with Gasteiger partial charge in [-0.25, -0.2) is 0 Å². The minimum absolute atomic E-state index is 0.281. The third-order valence-electron chi connectivity index (χ3n) is 3.63. The second-order valence-electron chi connectivity index (χ2n) is 5.08. The Morgan fingerprint density at radius 3 is 2.67 bits per heavy atom. The predicted octanol–water partition coefficient (Wildman–Crippen LogP) is 5.10. The summed E-state index contributed by atoms with van der Waals surface area (Å²) in [5.74, 6) is 0. The van der Waals surface area contributed by atoms with Crippen molar-refractivity contribution in [3.8, 4) is 0 Å². The molecule has 0 aliphatic rings. The summed E-state index contributed by atoms with van der Waals surface area (Å²) in [5.41, 5.74) is 2.35. The molecular formula is C17H23ClN2S. The first-order valence-electron chi connectivity index (χ1n) is 7.45. The minimum Gasteiger partial charge on any atom is -0.367 e. The zero-order chi connectivity index (χ0) is 15.2. The molecule has 2 nitrogen and oxygen atoms in total. The van der Waals surface area contributed by atoms with E-state index in [2.05, 4.69) is 66.7 Å². The lowest BCUT2D eigenvalue weighted by Crippen LogP contribution is -2.22. The molecule has 21 heavy (non-hydrogen) atoms. The maximum absolute atomic E-state index is 6.48. The molecule has 2 rings (SSSR count). The zero-order valence-corrected chi connectivity index (χ0v) is 14.5. The SMILES string of the molecule is CCNC(C)c1ccc(N(CC)Cc2cccs2)cc1Cl. The van der Waals surface area contributed by atoms with Crippen LogP contribution in [0.25, 0.3) is 0 Å². The van der Waals surface area contributed by atoms with Gasteiger partial charge in [-0.2, -0.15) is 0 Å². The molecule has 1 heterocycles. The van der Waals surface area contributed by atoms with Crippen LogP contribution in [0.1, 0.15) is 37.3 Å². The van der Waals surface area contributed by atoms with E-state index in [0.717, 1.165) is 30.2 Å². The number of rotatable bonds is 7. The molecule has 0 amide bonds. The van der Waals surface area contributed by atoms with Crippen molar-refractivity contribution in [3.63, 3.8) is 0 Å². The van der Waals surface area contributed by atoms with Gasteiger partial charge in [-0.3, -0.25) is 0 Å². The topological polar surface area (TPSA) is 15.3 Å². The van der Waals surface area contributed by atoms with Gasteiger partial charge in [0.1, 0.15) is 0 Å².